The molecule has 0 aromatic heterocycles. The van der Waals surface area contributed by atoms with Gasteiger partial charge < -0.3 is 20.7 Å². The summed E-state index contributed by atoms with van der Waals surface area (Å²) in [4.78, 5) is 36.9. The highest BCUT2D eigenvalue weighted by Crippen LogP contribution is 2.44. The molecule has 0 fully saturated rings. The number of ether oxygens (including phenoxy) is 1. The van der Waals surface area contributed by atoms with Gasteiger partial charge in [-0.2, -0.15) is 0 Å². The molecule has 2 atom stereocenters. The zero-order valence-corrected chi connectivity index (χ0v) is 20.4. The molecule has 1 aliphatic carbocycles. The molecular weight excluding hydrogens is 454 g/mol. The molecule has 7 heteroatoms. The van der Waals surface area contributed by atoms with Gasteiger partial charge in [-0.3, -0.25) is 9.59 Å². The van der Waals surface area contributed by atoms with Gasteiger partial charge in [-0.1, -0.05) is 92.7 Å². The molecule has 3 N–H and O–H groups in total. The molecule has 0 aliphatic heterocycles. The number of hydrogen-bond donors (Lipinski definition) is 3. The van der Waals surface area contributed by atoms with Gasteiger partial charge in [0, 0.05) is 12.3 Å². The number of nitrogens with one attached hydrogen (secondary N) is 3. The SMILES string of the molecule is CC(C)[C@H](NC(=O)OCC1c2ccccc2-c2ccccc21)C(=O)N[C@@H](Cc1ccccc1)NC=O. The van der Waals surface area contributed by atoms with Crippen molar-refractivity contribution >= 4 is 18.4 Å². The smallest absolute Gasteiger partial charge is 0.407 e. The Morgan fingerprint density at radius 1 is 0.861 bits per heavy atom. The third-order valence-corrected chi connectivity index (χ3v) is 6.43. The quantitative estimate of drug-likeness (QED) is 0.299. The molecule has 0 unspecified atom stereocenters. The van der Waals surface area contributed by atoms with Crippen LogP contribution in [0.2, 0.25) is 0 Å². The second kappa shape index (κ2) is 11.5. The van der Waals surface area contributed by atoms with Gasteiger partial charge in [0.2, 0.25) is 12.3 Å². The molecular formula is C29H31N3O4. The second-order valence-corrected chi connectivity index (χ2v) is 9.23. The lowest BCUT2D eigenvalue weighted by atomic mass is 9.98. The molecule has 3 aromatic carbocycles. The van der Waals surface area contributed by atoms with Crippen LogP contribution in [0, 0.1) is 5.92 Å². The Morgan fingerprint density at radius 3 is 2.03 bits per heavy atom. The van der Waals surface area contributed by atoms with Gasteiger partial charge in [0.25, 0.3) is 0 Å². The molecule has 0 bridgehead atoms. The van der Waals surface area contributed by atoms with Gasteiger partial charge in [0.1, 0.15) is 18.8 Å². The highest BCUT2D eigenvalue weighted by molar-refractivity contribution is 5.86. The third kappa shape index (κ3) is 5.74. The van der Waals surface area contributed by atoms with Gasteiger partial charge in [0.05, 0.1) is 0 Å². The van der Waals surface area contributed by atoms with Crippen molar-refractivity contribution in [1.82, 2.24) is 16.0 Å². The number of alkyl carbamates (subject to hydrolysis) is 1. The molecule has 0 radical (unpaired) electrons. The molecule has 0 saturated carbocycles. The van der Waals surface area contributed by atoms with E-state index in [-0.39, 0.29) is 18.4 Å². The van der Waals surface area contributed by atoms with Crippen molar-refractivity contribution in [2.75, 3.05) is 6.61 Å². The van der Waals surface area contributed by atoms with E-state index in [0.29, 0.717) is 12.8 Å². The Labute approximate surface area is 211 Å². The lowest BCUT2D eigenvalue weighted by Crippen LogP contribution is -2.55. The fourth-order valence-corrected chi connectivity index (χ4v) is 4.65. The minimum absolute atomic E-state index is 0.0680. The normalized spacial score (nSPS) is 13.8. The van der Waals surface area contributed by atoms with E-state index in [0.717, 1.165) is 27.8 Å². The number of amides is 3. The minimum Gasteiger partial charge on any atom is -0.449 e. The Kier molecular flexibility index (Phi) is 8.00. The summed E-state index contributed by atoms with van der Waals surface area (Å²) in [5, 5.41) is 8.17. The van der Waals surface area contributed by atoms with Crippen molar-refractivity contribution in [1.29, 1.82) is 0 Å². The molecule has 3 aromatic rings. The second-order valence-electron chi connectivity index (χ2n) is 9.23. The molecule has 36 heavy (non-hydrogen) atoms. The number of carbonyl (C=O) groups excluding carboxylic acids is 3. The summed E-state index contributed by atoms with van der Waals surface area (Å²) in [6.45, 7) is 3.84. The predicted molar refractivity (Wildman–Crippen MR) is 138 cm³/mol. The zero-order valence-electron chi connectivity index (χ0n) is 20.4. The summed E-state index contributed by atoms with van der Waals surface area (Å²) in [7, 11) is 0. The Hall–Kier alpha value is -4.13. The van der Waals surface area contributed by atoms with E-state index < -0.39 is 24.2 Å². The van der Waals surface area contributed by atoms with Gasteiger partial charge in [-0.25, -0.2) is 4.79 Å². The lowest BCUT2D eigenvalue weighted by Gasteiger charge is -2.25. The van der Waals surface area contributed by atoms with E-state index in [1.165, 1.54) is 0 Å². The first-order valence-corrected chi connectivity index (χ1v) is 12.1. The molecule has 0 spiro atoms. The first kappa shape index (κ1) is 25.0. The van der Waals surface area contributed by atoms with Gasteiger partial charge in [0.15, 0.2) is 0 Å². The third-order valence-electron chi connectivity index (χ3n) is 6.43. The first-order valence-electron chi connectivity index (χ1n) is 12.1. The van der Waals surface area contributed by atoms with Crippen molar-refractivity contribution in [3.63, 3.8) is 0 Å². The maximum atomic E-state index is 13.0. The Balaban J connectivity index is 1.38. The summed E-state index contributed by atoms with van der Waals surface area (Å²) < 4.78 is 5.62. The lowest BCUT2D eigenvalue weighted by molar-refractivity contribution is -0.125. The highest BCUT2D eigenvalue weighted by atomic mass is 16.5. The van der Waals surface area contributed by atoms with Crippen LogP contribution in [0.3, 0.4) is 0 Å². The number of carbonyl (C=O) groups is 3. The fraction of sp³-hybridized carbons (Fsp3) is 0.276. The van der Waals surface area contributed by atoms with Gasteiger partial charge >= 0.3 is 6.09 Å². The van der Waals surface area contributed by atoms with Crippen molar-refractivity contribution in [3.8, 4) is 11.1 Å². The van der Waals surface area contributed by atoms with E-state index in [2.05, 4.69) is 40.2 Å². The van der Waals surface area contributed by atoms with Crippen LogP contribution in [-0.4, -0.2) is 37.2 Å². The Morgan fingerprint density at radius 2 is 1.44 bits per heavy atom. The number of fused-ring (bicyclic) bond motifs is 3. The summed E-state index contributed by atoms with van der Waals surface area (Å²) in [5.41, 5.74) is 5.49. The molecule has 0 heterocycles. The van der Waals surface area contributed by atoms with E-state index >= 15 is 0 Å². The predicted octanol–water partition coefficient (Wildman–Crippen LogP) is 3.98. The van der Waals surface area contributed by atoms with E-state index in [4.69, 9.17) is 4.74 Å². The topological polar surface area (TPSA) is 96.5 Å². The van der Waals surface area contributed by atoms with E-state index in [9.17, 15) is 14.4 Å². The average Bonchev–Trinajstić information content (AvgIpc) is 3.20. The summed E-state index contributed by atoms with van der Waals surface area (Å²) in [6.07, 6.45) is -0.296. The van der Waals surface area contributed by atoms with Crippen LogP contribution in [-0.2, 0) is 20.7 Å². The maximum absolute atomic E-state index is 13.0. The molecule has 1 aliphatic rings. The molecule has 4 rings (SSSR count). The molecule has 3 amide bonds. The Bertz CT molecular complexity index is 1170. The van der Waals surface area contributed by atoms with Crippen LogP contribution in [0.25, 0.3) is 11.1 Å². The first-order chi connectivity index (χ1) is 17.5. The summed E-state index contributed by atoms with van der Waals surface area (Å²) in [5.74, 6) is -0.658. The maximum Gasteiger partial charge on any atom is 0.407 e. The van der Waals surface area contributed by atoms with Crippen molar-refractivity contribution < 1.29 is 19.1 Å². The summed E-state index contributed by atoms with van der Waals surface area (Å²) >= 11 is 0. The van der Waals surface area contributed by atoms with Crippen LogP contribution in [0.15, 0.2) is 78.9 Å². The molecule has 186 valence electrons. The van der Waals surface area contributed by atoms with Gasteiger partial charge in [-0.15, -0.1) is 0 Å². The van der Waals surface area contributed by atoms with Crippen LogP contribution in [0.4, 0.5) is 4.79 Å². The van der Waals surface area contributed by atoms with Crippen molar-refractivity contribution in [3.05, 3.63) is 95.6 Å². The number of rotatable bonds is 10. The van der Waals surface area contributed by atoms with E-state index in [1.807, 2.05) is 68.4 Å². The van der Waals surface area contributed by atoms with E-state index in [1.54, 1.807) is 0 Å². The van der Waals surface area contributed by atoms with Crippen molar-refractivity contribution in [2.24, 2.45) is 5.92 Å². The largest absolute Gasteiger partial charge is 0.449 e. The van der Waals surface area contributed by atoms with Gasteiger partial charge in [-0.05, 0) is 33.7 Å². The van der Waals surface area contributed by atoms with Crippen LogP contribution < -0.4 is 16.0 Å². The monoisotopic (exact) mass is 485 g/mol. The van der Waals surface area contributed by atoms with Crippen molar-refractivity contribution in [2.45, 2.75) is 38.4 Å². The van der Waals surface area contributed by atoms with Crippen LogP contribution >= 0.6 is 0 Å². The average molecular weight is 486 g/mol. The standard InChI is InChI=1S/C29H31N3O4/c1-19(2)27(28(34)31-26(30-18-33)16-20-10-4-3-5-11-20)32-29(35)36-17-25-23-14-8-6-12-21(23)22-13-7-9-15-24(22)25/h3-15,18-19,25-27H,16-17H2,1-2H3,(H,30,33)(H,31,34)(H,32,35)/t26-,27-/m0/s1. The number of hydrogen-bond acceptors (Lipinski definition) is 4. The molecule has 0 saturated heterocycles. The number of benzene rings is 3. The van der Waals surface area contributed by atoms with Crippen LogP contribution in [0.5, 0.6) is 0 Å². The van der Waals surface area contributed by atoms with Crippen LogP contribution in [0.1, 0.15) is 36.5 Å². The highest BCUT2D eigenvalue weighted by Gasteiger charge is 2.31. The minimum atomic E-state index is -0.827. The summed E-state index contributed by atoms with van der Waals surface area (Å²) in [6, 6.07) is 24.9. The fourth-order valence-electron chi connectivity index (χ4n) is 4.65. The zero-order chi connectivity index (χ0) is 25.5. The molecule has 7 nitrogen and oxygen atoms in total.